The fourth-order valence-corrected chi connectivity index (χ4v) is 3.55. The molecule has 0 N–H and O–H groups in total. The van der Waals surface area contributed by atoms with E-state index in [1.54, 1.807) is 18.2 Å². The van der Waals surface area contributed by atoms with Crippen molar-refractivity contribution < 1.29 is 42.5 Å². The maximum absolute atomic E-state index is 11.5. The number of rotatable bonds is 8. The predicted molar refractivity (Wildman–Crippen MR) is 89.0 cm³/mol. The van der Waals surface area contributed by atoms with Gasteiger partial charge in [0, 0.05) is 0 Å². The molecular weight excluding hydrogens is 319 g/mol. The fraction of sp³-hybridized carbons (Fsp3) is 0.444. The Morgan fingerprint density at radius 2 is 1.61 bits per heavy atom. The number of fused-ring (bicyclic) bond motifs is 1. The van der Waals surface area contributed by atoms with Crippen LogP contribution in [0.2, 0.25) is 0 Å². The maximum Gasteiger partial charge on any atom is 1.00 e. The van der Waals surface area contributed by atoms with Crippen LogP contribution in [-0.2, 0) is 16.5 Å². The molecule has 0 saturated carbocycles. The molecule has 0 spiro atoms. The van der Waals surface area contributed by atoms with Crippen LogP contribution in [0, 0.1) is 0 Å². The Labute approximate surface area is 161 Å². The Kier molecular flexibility index (Phi) is 8.80. The molecule has 0 fully saturated rings. The van der Waals surface area contributed by atoms with Crippen LogP contribution in [-0.4, -0.2) is 13.0 Å². The van der Waals surface area contributed by atoms with Gasteiger partial charge in [-0.2, -0.15) is 0 Å². The SMILES string of the molecule is CCCCCCCCc1cc(S(=O)(=O)[O-])c2ccccc2c1.[Na+]. The molecule has 23 heavy (non-hydrogen) atoms. The summed E-state index contributed by atoms with van der Waals surface area (Å²) in [6, 6.07) is 10.7. The number of unbranched alkanes of at least 4 members (excludes halogenated alkanes) is 5. The van der Waals surface area contributed by atoms with Gasteiger partial charge < -0.3 is 4.55 Å². The summed E-state index contributed by atoms with van der Waals surface area (Å²) in [6.07, 6.45) is 7.97. The Bertz CT molecular complexity index is 726. The van der Waals surface area contributed by atoms with Crippen molar-refractivity contribution in [3.63, 3.8) is 0 Å². The molecule has 0 radical (unpaired) electrons. The minimum Gasteiger partial charge on any atom is -0.744 e. The number of hydrogen-bond donors (Lipinski definition) is 0. The summed E-state index contributed by atoms with van der Waals surface area (Å²) < 4.78 is 34.5. The summed E-state index contributed by atoms with van der Waals surface area (Å²) >= 11 is 0. The molecule has 120 valence electrons. The van der Waals surface area contributed by atoms with E-state index < -0.39 is 10.1 Å². The van der Waals surface area contributed by atoms with E-state index in [2.05, 4.69) is 6.92 Å². The van der Waals surface area contributed by atoms with Crippen molar-refractivity contribution in [2.45, 2.75) is 56.8 Å². The zero-order valence-corrected chi connectivity index (χ0v) is 16.9. The van der Waals surface area contributed by atoms with Gasteiger partial charge >= 0.3 is 29.6 Å². The largest absolute Gasteiger partial charge is 1.00 e. The van der Waals surface area contributed by atoms with Crippen molar-refractivity contribution in [3.8, 4) is 0 Å². The summed E-state index contributed by atoms with van der Waals surface area (Å²) in [6.45, 7) is 2.19. The van der Waals surface area contributed by atoms with Gasteiger partial charge in [-0.25, -0.2) is 8.42 Å². The van der Waals surface area contributed by atoms with Crippen LogP contribution in [0.1, 0.15) is 51.0 Å². The first-order valence-corrected chi connectivity index (χ1v) is 9.41. The second kappa shape index (κ2) is 9.80. The van der Waals surface area contributed by atoms with Gasteiger partial charge in [0.25, 0.3) is 0 Å². The Morgan fingerprint density at radius 1 is 0.957 bits per heavy atom. The minimum atomic E-state index is -4.44. The van der Waals surface area contributed by atoms with Crippen LogP contribution < -0.4 is 29.6 Å². The first kappa shape index (κ1) is 20.7. The molecule has 0 aliphatic carbocycles. The van der Waals surface area contributed by atoms with Crippen molar-refractivity contribution in [3.05, 3.63) is 42.0 Å². The first-order valence-electron chi connectivity index (χ1n) is 8.00. The average Bonchev–Trinajstić information content (AvgIpc) is 2.49. The number of aryl methyl sites for hydroxylation is 1. The Morgan fingerprint density at radius 3 is 2.30 bits per heavy atom. The second-order valence-corrected chi connectivity index (χ2v) is 7.14. The van der Waals surface area contributed by atoms with E-state index in [-0.39, 0.29) is 34.5 Å². The van der Waals surface area contributed by atoms with Crippen LogP contribution in [0.5, 0.6) is 0 Å². The van der Waals surface area contributed by atoms with Crippen LogP contribution in [0.25, 0.3) is 10.8 Å². The zero-order valence-electron chi connectivity index (χ0n) is 14.0. The average molecular weight is 342 g/mol. The molecule has 0 saturated heterocycles. The van der Waals surface area contributed by atoms with Crippen LogP contribution in [0.15, 0.2) is 41.3 Å². The van der Waals surface area contributed by atoms with E-state index in [4.69, 9.17) is 0 Å². The summed E-state index contributed by atoms with van der Waals surface area (Å²) in [5, 5.41) is 1.34. The molecule has 0 aromatic heterocycles. The predicted octanol–water partition coefficient (Wildman–Crippen LogP) is 1.65. The molecule has 3 nitrogen and oxygen atoms in total. The van der Waals surface area contributed by atoms with Crippen molar-refractivity contribution >= 4 is 20.9 Å². The van der Waals surface area contributed by atoms with Crippen molar-refractivity contribution in [1.82, 2.24) is 0 Å². The van der Waals surface area contributed by atoms with E-state index >= 15 is 0 Å². The quantitative estimate of drug-likeness (QED) is 0.416. The second-order valence-electron chi connectivity index (χ2n) is 5.79. The van der Waals surface area contributed by atoms with Crippen molar-refractivity contribution in [1.29, 1.82) is 0 Å². The van der Waals surface area contributed by atoms with E-state index in [1.807, 2.05) is 18.2 Å². The van der Waals surface area contributed by atoms with Gasteiger partial charge in [-0.1, -0.05) is 69.4 Å². The third-order valence-electron chi connectivity index (χ3n) is 3.97. The molecule has 0 aliphatic rings. The third kappa shape index (κ3) is 6.20. The molecular formula is C18H23NaO3S. The summed E-state index contributed by atoms with van der Waals surface area (Å²) in [7, 11) is -4.44. The molecule has 0 amide bonds. The third-order valence-corrected chi connectivity index (χ3v) is 4.85. The molecule has 5 heteroatoms. The zero-order chi connectivity index (χ0) is 16.0. The molecule has 0 aliphatic heterocycles. The van der Waals surface area contributed by atoms with E-state index in [0.29, 0.717) is 5.39 Å². The van der Waals surface area contributed by atoms with E-state index in [1.165, 1.54) is 25.7 Å². The van der Waals surface area contributed by atoms with E-state index in [0.717, 1.165) is 30.2 Å². The molecule has 2 aromatic rings. The molecule has 0 heterocycles. The summed E-state index contributed by atoms with van der Waals surface area (Å²) in [5.74, 6) is 0. The van der Waals surface area contributed by atoms with Crippen LogP contribution in [0.3, 0.4) is 0 Å². The van der Waals surface area contributed by atoms with Crippen LogP contribution >= 0.6 is 0 Å². The number of benzene rings is 2. The Balaban J connectivity index is 0.00000264. The molecule has 0 unspecified atom stereocenters. The first-order chi connectivity index (χ1) is 10.5. The van der Waals surface area contributed by atoms with Gasteiger partial charge in [0.2, 0.25) is 0 Å². The van der Waals surface area contributed by atoms with Gasteiger partial charge in [0.05, 0.1) is 4.90 Å². The van der Waals surface area contributed by atoms with Gasteiger partial charge in [0.1, 0.15) is 10.1 Å². The van der Waals surface area contributed by atoms with Gasteiger partial charge in [-0.3, -0.25) is 0 Å². The topological polar surface area (TPSA) is 57.2 Å². The molecule has 0 bridgehead atoms. The summed E-state index contributed by atoms with van der Waals surface area (Å²) in [4.78, 5) is -0.0911. The fourth-order valence-electron chi connectivity index (χ4n) is 2.80. The van der Waals surface area contributed by atoms with Crippen molar-refractivity contribution in [2.24, 2.45) is 0 Å². The number of hydrogen-bond acceptors (Lipinski definition) is 3. The Hall–Kier alpha value is -0.390. The van der Waals surface area contributed by atoms with Crippen molar-refractivity contribution in [2.75, 3.05) is 0 Å². The van der Waals surface area contributed by atoms with E-state index in [9.17, 15) is 13.0 Å². The monoisotopic (exact) mass is 342 g/mol. The maximum atomic E-state index is 11.5. The van der Waals surface area contributed by atoms with Gasteiger partial charge in [-0.15, -0.1) is 0 Å². The molecule has 0 atom stereocenters. The van der Waals surface area contributed by atoms with Crippen LogP contribution in [0.4, 0.5) is 0 Å². The minimum absolute atomic E-state index is 0. The summed E-state index contributed by atoms with van der Waals surface area (Å²) in [5.41, 5.74) is 0.934. The molecule has 2 rings (SSSR count). The normalized spacial score (nSPS) is 11.4. The molecule has 2 aromatic carbocycles. The van der Waals surface area contributed by atoms with Gasteiger partial charge in [-0.05, 0) is 35.2 Å². The van der Waals surface area contributed by atoms with Gasteiger partial charge in [0.15, 0.2) is 0 Å². The standard InChI is InChI=1S/C18H24O3S.Na/c1-2-3-4-5-6-7-10-15-13-16-11-8-9-12-17(16)18(14-15)22(19,20)21;/h8-9,11-14H,2-7,10H2,1H3,(H,19,20,21);/q;+1/p-1. The smallest absolute Gasteiger partial charge is 0.744 e.